The van der Waals surface area contributed by atoms with Crippen molar-refractivity contribution in [1.82, 2.24) is 15.1 Å². The maximum atomic E-state index is 12.9. The number of aromatic hydroxyl groups is 1. The Morgan fingerprint density at radius 2 is 1.93 bits per heavy atom. The molecule has 2 aliphatic rings. The van der Waals surface area contributed by atoms with Crippen LogP contribution in [0.1, 0.15) is 17.5 Å². The van der Waals surface area contributed by atoms with E-state index in [0.29, 0.717) is 23.2 Å². The highest BCUT2D eigenvalue weighted by Gasteiger charge is 2.40. The van der Waals surface area contributed by atoms with Gasteiger partial charge in [0.1, 0.15) is 5.75 Å². The maximum Gasteiger partial charge on any atom is 0.416 e. The van der Waals surface area contributed by atoms with Crippen molar-refractivity contribution in [3.05, 3.63) is 35.4 Å². The number of halogens is 3. The Kier molecular flexibility index (Phi) is 4.25. The third-order valence-electron chi connectivity index (χ3n) is 5.57. The summed E-state index contributed by atoms with van der Waals surface area (Å²) in [5, 5.41) is 18.6. The zero-order chi connectivity index (χ0) is 19.3. The number of hydrogen-bond acceptors (Lipinski definition) is 5. The van der Waals surface area contributed by atoms with Gasteiger partial charge in [0.05, 0.1) is 11.3 Å². The van der Waals surface area contributed by atoms with E-state index in [4.69, 9.17) is 0 Å². The van der Waals surface area contributed by atoms with Crippen LogP contribution in [0.25, 0.3) is 11.3 Å². The van der Waals surface area contributed by atoms with Gasteiger partial charge >= 0.3 is 6.18 Å². The number of nitrogens with zero attached hydrogens (tertiary/aromatic N) is 4. The zero-order valence-corrected chi connectivity index (χ0v) is 15.2. The van der Waals surface area contributed by atoms with E-state index in [-0.39, 0.29) is 5.56 Å². The average Bonchev–Trinajstić information content (AvgIpc) is 3.13. The summed E-state index contributed by atoms with van der Waals surface area (Å²) in [5.41, 5.74) is 0.0750. The molecule has 4 rings (SSSR count). The lowest BCUT2D eigenvalue weighted by Crippen LogP contribution is -2.35. The molecular weight excluding hydrogens is 357 g/mol. The van der Waals surface area contributed by atoms with Gasteiger partial charge in [-0.15, -0.1) is 10.2 Å². The van der Waals surface area contributed by atoms with Gasteiger partial charge in [0.15, 0.2) is 5.82 Å². The molecule has 1 unspecified atom stereocenters. The second-order valence-corrected chi connectivity index (χ2v) is 7.49. The van der Waals surface area contributed by atoms with Gasteiger partial charge in [-0.3, -0.25) is 0 Å². The summed E-state index contributed by atoms with van der Waals surface area (Å²) in [6.45, 7) is 4.54. The SMILES string of the molecule is Cc1cc(C(F)(F)F)cc(O)c1-c1ccc(N2CCC3CN(C)C[C@H]32)nn1. The summed E-state index contributed by atoms with van der Waals surface area (Å²) in [6, 6.07) is 5.72. The number of hydrogen-bond donors (Lipinski definition) is 1. The average molecular weight is 378 g/mol. The molecule has 2 aliphatic heterocycles. The number of anilines is 1. The van der Waals surface area contributed by atoms with Crippen molar-refractivity contribution in [2.24, 2.45) is 5.92 Å². The van der Waals surface area contributed by atoms with Crippen molar-refractivity contribution in [2.45, 2.75) is 25.6 Å². The Labute approximate surface area is 155 Å². The molecule has 3 heterocycles. The van der Waals surface area contributed by atoms with Crippen LogP contribution in [0.2, 0.25) is 0 Å². The van der Waals surface area contributed by atoms with Crippen molar-refractivity contribution in [3.63, 3.8) is 0 Å². The number of likely N-dealkylation sites (tertiary alicyclic amines) is 1. The van der Waals surface area contributed by atoms with Crippen molar-refractivity contribution in [2.75, 3.05) is 31.6 Å². The molecule has 144 valence electrons. The van der Waals surface area contributed by atoms with Gasteiger partial charge in [-0.05, 0) is 56.1 Å². The molecule has 1 N–H and O–H groups in total. The topological polar surface area (TPSA) is 52.5 Å². The number of aryl methyl sites for hydroxylation is 1. The van der Waals surface area contributed by atoms with Crippen LogP contribution in [-0.4, -0.2) is 52.9 Å². The fourth-order valence-electron chi connectivity index (χ4n) is 4.33. The predicted octanol–water partition coefficient (Wildman–Crippen LogP) is 3.32. The predicted molar refractivity (Wildman–Crippen MR) is 95.6 cm³/mol. The molecule has 2 saturated heterocycles. The summed E-state index contributed by atoms with van der Waals surface area (Å²) in [6.07, 6.45) is -3.38. The smallest absolute Gasteiger partial charge is 0.416 e. The second-order valence-electron chi connectivity index (χ2n) is 7.49. The molecule has 27 heavy (non-hydrogen) atoms. The first kappa shape index (κ1) is 18.0. The number of fused-ring (bicyclic) bond motifs is 1. The number of alkyl halides is 3. The molecule has 8 heteroatoms. The molecule has 0 spiro atoms. The van der Waals surface area contributed by atoms with Gasteiger partial charge in [-0.2, -0.15) is 13.2 Å². The molecular formula is C19H21F3N4O. The molecule has 2 aromatic rings. The van der Waals surface area contributed by atoms with Gasteiger partial charge < -0.3 is 14.9 Å². The Balaban J connectivity index is 1.62. The lowest BCUT2D eigenvalue weighted by molar-refractivity contribution is -0.137. The Bertz CT molecular complexity index is 830. The van der Waals surface area contributed by atoms with Gasteiger partial charge in [0, 0.05) is 31.2 Å². The quantitative estimate of drug-likeness (QED) is 0.869. The van der Waals surface area contributed by atoms with E-state index in [1.807, 2.05) is 6.07 Å². The van der Waals surface area contributed by atoms with Crippen LogP contribution in [0.5, 0.6) is 5.75 Å². The minimum absolute atomic E-state index is 0.280. The van der Waals surface area contributed by atoms with Crippen LogP contribution < -0.4 is 4.90 Å². The van der Waals surface area contributed by atoms with E-state index in [1.54, 1.807) is 6.07 Å². The molecule has 0 radical (unpaired) electrons. The molecule has 2 fully saturated rings. The minimum atomic E-state index is -4.50. The Morgan fingerprint density at radius 1 is 1.15 bits per heavy atom. The van der Waals surface area contributed by atoms with E-state index in [1.165, 1.54) is 6.92 Å². The largest absolute Gasteiger partial charge is 0.507 e. The van der Waals surface area contributed by atoms with E-state index in [2.05, 4.69) is 27.0 Å². The van der Waals surface area contributed by atoms with E-state index < -0.39 is 17.5 Å². The number of benzene rings is 1. The molecule has 0 amide bonds. The van der Waals surface area contributed by atoms with Crippen molar-refractivity contribution in [3.8, 4) is 17.0 Å². The van der Waals surface area contributed by atoms with Gasteiger partial charge in [-0.1, -0.05) is 0 Å². The number of aromatic nitrogens is 2. The first-order chi connectivity index (χ1) is 12.7. The van der Waals surface area contributed by atoms with Crippen LogP contribution >= 0.6 is 0 Å². The van der Waals surface area contributed by atoms with Crippen molar-refractivity contribution in [1.29, 1.82) is 0 Å². The highest BCUT2D eigenvalue weighted by Crippen LogP contribution is 2.39. The fraction of sp³-hybridized carbons (Fsp3) is 0.474. The highest BCUT2D eigenvalue weighted by atomic mass is 19.4. The molecule has 0 aliphatic carbocycles. The van der Waals surface area contributed by atoms with E-state index in [0.717, 1.165) is 44.0 Å². The lowest BCUT2D eigenvalue weighted by atomic mass is 10.0. The van der Waals surface area contributed by atoms with Crippen LogP contribution in [0.15, 0.2) is 24.3 Å². The molecule has 1 aromatic heterocycles. The Morgan fingerprint density at radius 3 is 2.56 bits per heavy atom. The maximum absolute atomic E-state index is 12.9. The molecule has 0 bridgehead atoms. The number of phenolic OH excluding ortho intramolecular Hbond substituents is 1. The minimum Gasteiger partial charge on any atom is -0.507 e. The van der Waals surface area contributed by atoms with Crippen molar-refractivity contribution < 1.29 is 18.3 Å². The first-order valence-electron chi connectivity index (χ1n) is 8.94. The fourth-order valence-corrected chi connectivity index (χ4v) is 4.33. The standard InChI is InChI=1S/C19H21F3N4O/c1-11-7-13(19(20,21)22)8-16(27)18(11)14-3-4-17(24-23-14)26-6-5-12-9-25(2)10-15(12)26/h3-4,7-8,12,15,27H,5-6,9-10H2,1-2H3/t12?,15-/m1/s1. The second kappa shape index (κ2) is 6.37. The summed E-state index contributed by atoms with van der Waals surface area (Å²) in [4.78, 5) is 4.57. The highest BCUT2D eigenvalue weighted by molar-refractivity contribution is 5.71. The molecule has 5 nitrogen and oxygen atoms in total. The summed E-state index contributed by atoms with van der Waals surface area (Å²) in [5.74, 6) is 0.964. The van der Waals surface area contributed by atoms with Crippen LogP contribution in [-0.2, 0) is 6.18 Å². The number of phenols is 1. The normalized spacial score (nSPS) is 23.1. The zero-order valence-electron chi connectivity index (χ0n) is 15.2. The van der Waals surface area contributed by atoms with Crippen LogP contribution in [0.4, 0.5) is 19.0 Å². The third-order valence-corrected chi connectivity index (χ3v) is 5.57. The number of likely N-dealkylation sites (N-methyl/N-ethyl adjacent to an activating group) is 1. The van der Waals surface area contributed by atoms with Crippen LogP contribution in [0.3, 0.4) is 0 Å². The van der Waals surface area contributed by atoms with Crippen LogP contribution in [0, 0.1) is 12.8 Å². The summed E-state index contributed by atoms with van der Waals surface area (Å²) < 4.78 is 38.7. The summed E-state index contributed by atoms with van der Waals surface area (Å²) in [7, 11) is 2.11. The summed E-state index contributed by atoms with van der Waals surface area (Å²) >= 11 is 0. The van der Waals surface area contributed by atoms with E-state index in [9.17, 15) is 18.3 Å². The first-order valence-corrected chi connectivity index (χ1v) is 8.94. The lowest BCUT2D eigenvalue weighted by Gasteiger charge is -2.24. The molecule has 2 atom stereocenters. The van der Waals surface area contributed by atoms with E-state index >= 15 is 0 Å². The van der Waals surface area contributed by atoms with Gasteiger partial charge in [0.25, 0.3) is 0 Å². The van der Waals surface area contributed by atoms with Gasteiger partial charge in [-0.25, -0.2) is 0 Å². The molecule has 0 saturated carbocycles. The monoisotopic (exact) mass is 378 g/mol. The van der Waals surface area contributed by atoms with Gasteiger partial charge in [0.2, 0.25) is 0 Å². The Hall–Kier alpha value is -2.35. The molecule has 1 aromatic carbocycles. The third kappa shape index (κ3) is 3.22. The number of rotatable bonds is 2. The van der Waals surface area contributed by atoms with Crippen molar-refractivity contribution >= 4 is 5.82 Å².